The Morgan fingerprint density at radius 1 is 1.16 bits per heavy atom. The van der Waals surface area contributed by atoms with Crippen molar-refractivity contribution in [3.63, 3.8) is 0 Å². The molecule has 32 heavy (non-hydrogen) atoms. The summed E-state index contributed by atoms with van der Waals surface area (Å²) < 4.78 is 28.0. The first kappa shape index (κ1) is 24.0. The van der Waals surface area contributed by atoms with Gasteiger partial charge in [0.15, 0.2) is 9.84 Å². The van der Waals surface area contributed by atoms with Gasteiger partial charge in [-0.25, -0.2) is 8.42 Å². The lowest BCUT2D eigenvalue weighted by molar-refractivity contribution is -0.147. The van der Waals surface area contributed by atoms with Crippen molar-refractivity contribution in [3.05, 3.63) is 36.4 Å². The molecule has 3 amide bonds. The molecule has 1 aromatic rings. The molecule has 0 radical (unpaired) electrons. The molecule has 8 nitrogen and oxygen atoms in total. The smallest absolute Gasteiger partial charge is 0.247 e. The number of likely N-dealkylation sites (tertiary alicyclic amines) is 1. The molecule has 2 aliphatic rings. The quantitative estimate of drug-likeness (QED) is 0.446. The fourth-order valence-corrected chi connectivity index (χ4v) is 4.50. The highest BCUT2D eigenvalue weighted by Crippen LogP contribution is 2.37. The second kappa shape index (κ2) is 9.85. The number of hydrogen-bond donors (Lipinski definition) is 1. The van der Waals surface area contributed by atoms with Crippen LogP contribution in [0.25, 0.3) is 0 Å². The van der Waals surface area contributed by atoms with Gasteiger partial charge in [-0.2, -0.15) is 0 Å². The van der Waals surface area contributed by atoms with Gasteiger partial charge in [-0.15, -0.1) is 0 Å². The lowest BCUT2D eigenvalue weighted by Gasteiger charge is -2.27. The molecule has 1 aliphatic carbocycles. The van der Waals surface area contributed by atoms with Crippen molar-refractivity contribution >= 4 is 33.2 Å². The summed E-state index contributed by atoms with van der Waals surface area (Å²) in [6.45, 7) is 3.88. The zero-order chi connectivity index (χ0) is 23.5. The summed E-state index contributed by atoms with van der Waals surface area (Å²) >= 11 is 0. The Bertz CT molecular complexity index is 991. The summed E-state index contributed by atoms with van der Waals surface area (Å²) in [4.78, 5) is 40.4. The minimum Gasteiger partial charge on any atom is -0.492 e. The number of amides is 3. The minimum absolute atomic E-state index is 0.000197. The number of nitrogens with one attached hydrogen (secondary N) is 1. The van der Waals surface area contributed by atoms with Gasteiger partial charge in [0.05, 0.1) is 17.6 Å². The molecule has 1 saturated heterocycles. The maximum absolute atomic E-state index is 13.2. The SMILES string of the molecule is CC(C)CC(C(=O)Nc1cccc(OCCS(C)(=O)=O)c1)N1C(=O)C2CC=CCC2C1=O. The van der Waals surface area contributed by atoms with Gasteiger partial charge in [-0.1, -0.05) is 32.1 Å². The molecular weight excluding hydrogens is 432 g/mol. The van der Waals surface area contributed by atoms with Crippen LogP contribution in [0.4, 0.5) is 5.69 Å². The van der Waals surface area contributed by atoms with Gasteiger partial charge in [-0.05, 0) is 37.3 Å². The van der Waals surface area contributed by atoms with Crippen LogP contribution in [-0.4, -0.2) is 55.7 Å². The number of sulfone groups is 1. The summed E-state index contributed by atoms with van der Waals surface area (Å²) in [6.07, 6.45) is 6.38. The predicted octanol–water partition coefficient (Wildman–Crippen LogP) is 2.41. The van der Waals surface area contributed by atoms with Crippen molar-refractivity contribution in [3.8, 4) is 5.75 Å². The van der Waals surface area contributed by atoms with Gasteiger partial charge >= 0.3 is 0 Å². The van der Waals surface area contributed by atoms with Crippen LogP contribution in [-0.2, 0) is 24.2 Å². The number of hydrogen-bond acceptors (Lipinski definition) is 6. The fourth-order valence-electron chi connectivity index (χ4n) is 4.11. The molecule has 0 saturated carbocycles. The van der Waals surface area contributed by atoms with Crippen LogP contribution in [0.15, 0.2) is 36.4 Å². The normalized spacial score (nSPS) is 21.6. The Labute approximate surface area is 188 Å². The van der Waals surface area contributed by atoms with E-state index in [9.17, 15) is 22.8 Å². The van der Waals surface area contributed by atoms with Crippen LogP contribution in [0, 0.1) is 17.8 Å². The van der Waals surface area contributed by atoms with Gasteiger partial charge in [0.25, 0.3) is 0 Å². The van der Waals surface area contributed by atoms with Crippen LogP contribution >= 0.6 is 0 Å². The van der Waals surface area contributed by atoms with E-state index in [-0.39, 0.29) is 41.9 Å². The maximum atomic E-state index is 13.2. The molecule has 1 heterocycles. The molecule has 0 aromatic heterocycles. The maximum Gasteiger partial charge on any atom is 0.247 e. The Morgan fingerprint density at radius 3 is 2.34 bits per heavy atom. The molecule has 9 heteroatoms. The van der Waals surface area contributed by atoms with E-state index >= 15 is 0 Å². The van der Waals surface area contributed by atoms with Crippen molar-refractivity contribution in [2.45, 2.75) is 39.2 Å². The van der Waals surface area contributed by atoms with Crippen molar-refractivity contribution < 1.29 is 27.5 Å². The Balaban J connectivity index is 1.74. The lowest BCUT2D eigenvalue weighted by atomic mass is 9.85. The highest BCUT2D eigenvalue weighted by atomic mass is 32.2. The highest BCUT2D eigenvalue weighted by Gasteiger charge is 2.51. The van der Waals surface area contributed by atoms with Crippen LogP contribution in [0.3, 0.4) is 0 Å². The van der Waals surface area contributed by atoms with E-state index in [0.29, 0.717) is 30.7 Å². The number of carbonyl (C=O) groups is 3. The number of fused-ring (bicyclic) bond motifs is 1. The average Bonchev–Trinajstić information content (AvgIpc) is 2.96. The standard InChI is InChI=1S/C23H30N2O6S/c1-15(2)13-20(25-22(27)18-9-4-5-10-19(18)23(25)28)21(26)24-16-7-6-8-17(14-16)31-11-12-32(3,29)30/h4-8,14-15,18-20H,9-13H2,1-3H3,(H,24,26). The topological polar surface area (TPSA) is 110 Å². The van der Waals surface area contributed by atoms with Crippen LogP contribution in [0.5, 0.6) is 5.75 Å². The Morgan fingerprint density at radius 2 is 1.78 bits per heavy atom. The van der Waals surface area contributed by atoms with E-state index in [1.807, 2.05) is 26.0 Å². The summed E-state index contributed by atoms with van der Waals surface area (Å²) in [5.74, 6) is -1.36. The van der Waals surface area contributed by atoms with Crippen molar-refractivity contribution in [2.24, 2.45) is 17.8 Å². The van der Waals surface area contributed by atoms with E-state index in [0.717, 1.165) is 6.26 Å². The largest absolute Gasteiger partial charge is 0.492 e. The summed E-state index contributed by atoms with van der Waals surface area (Å²) in [7, 11) is -3.14. The number of anilines is 1. The van der Waals surface area contributed by atoms with Crippen molar-refractivity contribution in [2.75, 3.05) is 23.9 Å². The average molecular weight is 463 g/mol. The molecule has 174 valence electrons. The lowest BCUT2D eigenvalue weighted by Crippen LogP contribution is -2.48. The van der Waals surface area contributed by atoms with E-state index in [2.05, 4.69) is 5.32 Å². The van der Waals surface area contributed by atoms with Crippen molar-refractivity contribution in [1.29, 1.82) is 0 Å². The molecule has 3 atom stereocenters. The summed E-state index contributed by atoms with van der Waals surface area (Å²) in [5, 5.41) is 2.79. The molecule has 1 aromatic carbocycles. The van der Waals surface area contributed by atoms with Crippen LogP contribution in [0.2, 0.25) is 0 Å². The van der Waals surface area contributed by atoms with Gasteiger partial charge in [0.1, 0.15) is 18.4 Å². The van der Waals surface area contributed by atoms with Gasteiger partial charge in [0.2, 0.25) is 17.7 Å². The number of benzene rings is 1. The molecule has 1 aliphatic heterocycles. The van der Waals surface area contributed by atoms with Crippen LogP contribution < -0.4 is 10.1 Å². The van der Waals surface area contributed by atoms with Crippen LogP contribution in [0.1, 0.15) is 33.1 Å². The molecule has 0 bridgehead atoms. The third-order valence-electron chi connectivity index (χ3n) is 5.68. The molecule has 3 unspecified atom stereocenters. The zero-order valence-electron chi connectivity index (χ0n) is 18.6. The fraction of sp³-hybridized carbons (Fsp3) is 0.522. The molecule has 3 rings (SSSR count). The van der Waals surface area contributed by atoms with E-state index in [4.69, 9.17) is 4.74 Å². The Hall–Kier alpha value is -2.68. The molecule has 1 fully saturated rings. The molecule has 1 N–H and O–H groups in total. The second-order valence-corrected chi connectivity index (χ2v) is 11.1. The summed E-state index contributed by atoms with van der Waals surface area (Å²) in [5.41, 5.74) is 0.443. The monoisotopic (exact) mass is 462 g/mol. The molecule has 0 spiro atoms. The van der Waals surface area contributed by atoms with Crippen molar-refractivity contribution in [1.82, 2.24) is 4.90 Å². The van der Waals surface area contributed by atoms with Gasteiger partial charge < -0.3 is 10.1 Å². The highest BCUT2D eigenvalue weighted by molar-refractivity contribution is 7.90. The Kier molecular flexibility index (Phi) is 7.38. The number of ether oxygens (including phenoxy) is 1. The third kappa shape index (κ3) is 5.76. The number of rotatable bonds is 9. The van der Waals surface area contributed by atoms with E-state index < -0.39 is 21.8 Å². The molecular formula is C23H30N2O6S. The first-order valence-electron chi connectivity index (χ1n) is 10.8. The van der Waals surface area contributed by atoms with Gasteiger partial charge in [0, 0.05) is 18.0 Å². The second-order valence-electron chi connectivity index (χ2n) is 8.84. The predicted molar refractivity (Wildman–Crippen MR) is 121 cm³/mol. The number of allylic oxidation sites excluding steroid dienone is 2. The number of carbonyl (C=O) groups excluding carboxylic acids is 3. The summed E-state index contributed by atoms with van der Waals surface area (Å²) in [6, 6.07) is 5.70. The van der Waals surface area contributed by atoms with E-state index in [1.165, 1.54) is 4.90 Å². The minimum atomic E-state index is -3.14. The van der Waals surface area contributed by atoms with Gasteiger partial charge in [-0.3, -0.25) is 19.3 Å². The van der Waals surface area contributed by atoms with E-state index in [1.54, 1.807) is 24.3 Å². The number of imide groups is 1. The first-order valence-corrected chi connectivity index (χ1v) is 12.9. The third-order valence-corrected chi connectivity index (χ3v) is 6.58. The zero-order valence-corrected chi connectivity index (χ0v) is 19.4. The first-order chi connectivity index (χ1) is 15.1. The number of nitrogens with zero attached hydrogens (tertiary/aromatic N) is 1.